The molecule has 9 heteroatoms. The van der Waals surface area contributed by atoms with Crippen LogP contribution in [0, 0.1) is 25.6 Å². The second kappa shape index (κ2) is 8.10. The third-order valence-corrected chi connectivity index (χ3v) is 5.45. The molecule has 0 radical (unpaired) electrons. The van der Waals surface area contributed by atoms with E-state index in [1.54, 1.807) is 23.1 Å². The van der Waals surface area contributed by atoms with Crippen molar-refractivity contribution >= 4 is 11.8 Å². The maximum atomic E-state index is 13.9. The molecule has 3 heterocycles. The molecule has 1 saturated heterocycles. The van der Waals surface area contributed by atoms with Gasteiger partial charge in [0.2, 0.25) is 5.91 Å². The number of carbonyl (C=O) groups is 2. The van der Waals surface area contributed by atoms with Crippen LogP contribution in [-0.4, -0.2) is 56.7 Å². The van der Waals surface area contributed by atoms with E-state index in [4.69, 9.17) is 0 Å². The molecular formula is C21H23FN6O2. The summed E-state index contributed by atoms with van der Waals surface area (Å²) in [7, 11) is 0. The van der Waals surface area contributed by atoms with Crippen LogP contribution in [0.15, 0.2) is 30.3 Å². The first kappa shape index (κ1) is 19.8. The van der Waals surface area contributed by atoms with Crippen molar-refractivity contribution < 1.29 is 14.0 Å². The molecule has 1 aliphatic heterocycles. The number of hydrogen-bond acceptors (Lipinski definition) is 4. The number of benzene rings is 1. The molecule has 0 saturated carbocycles. The molecule has 0 atom stereocenters. The number of hydrogen-bond donors (Lipinski definition) is 3. The molecule has 0 bridgehead atoms. The van der Waals surface area contributed by atoms with Gasteiger partial charge in [-0.2, -0.15) is 10.2 Å². The summed E-state index contributed by atoms with van der Waals surface area (Å²) in [6, 6.07) is 7.79. The van der Waals surface area contributed by atoms with Gasteiger partial charge >= 0.3 is 0 Å². The summed E-state index contributed by atoms with van der Waals surface area (Å²) in [6.07, 6.45) is 0.711. The summed E-state index contributed by atoms with van der Waals surface area (Å²) in [5.41, 5.74) is 4.05. The number of nitrogens with zero attached hydrogens (tertiary/aromatic N) is 3. The fourth-order valence-electron chi connectivity index (χ4n) is 3.62. The van der Waals surface area contributed by atoms with E-state index in [1.165, 1.54) is 12.1 Å². The Hall–Kier alpha value is -3.49. The maximum Gasteiger partial charge on any atom is 0.271 e. The van der Waals surface area contributed by atoms with Gasteiger partial charge < -0.3 is 10.2 Å². The van der Waals surface area contributed by atoms with E-state index in [0.29, 0.717) is 37.3 Å². The van der Waals surface area contributed by atoms with Crippen molar-refractivity contribution in [2.24, 2.45) is 5.92 Å². The predicted octanol–water partition coefficient (Wildman–Crippen LogP) is 1.99. The van der Waals surface area contributed by atoms with E-state index in [1.807, 2.05) is 13.8 Å². The molecule has 1 aromatic carbocycles. The fourth-order valence-corrected chi connectivity index (χ4v) is 3.62. The third-order valence-electron chi connectivity index (χ3n) is 5.45. The zero-order valence-electron chi connectivity index (χ0n) is 16.8. The van der Waals surface area contributed by atoms with Crippen LogP contribution in [0.4, 0.5) is 4.39 Å². The number of rotatable bonds is 6. The number of halogens is 1. The SMILES string of the molecule is Cc1n[nH]c(C)c1CCNC(=O)C1CN(C(=O)c2cc(-c3ccccc3F)n[nH]2)C1. The Morgan fingerprint density at radius 1 is 1.20 bits per heavy atom. The number of carbonyl (C=O) groups excluding carboxylic acids is 2. The molecule has 0 unspecified atom stereocenters. The van der Waals surface area contributed by atoms with Crippen LogP contribution in [0.25, 0.3) is 11.3 Å². The lowest BCUT2D eigenvalue weighted by atomic mass is 9.98. The zero-order valence-corrected chi connectivity index (χ0v) is 16.8. The molecule has 0 spiro atoms. The van der Waals surface area contributed by atoms with Gasteiger partial charge in [0, 0.05) is 30.9 Å². The molecule has 1 aliphatic rings. The number of likely N-dealkylation sites (tertiary alicyclic amines) is 1. The van der Waals surface area contributed by atoms with Crippen LogP contribution in [0.2, 0.25) is 0 Å². The van der Waals surface area contributed by atoms with Gasteiger partial charge in [0.1, 0.15) is 11.5 Å². The summed E-state index contributed by atoms with van der Waals surface area (Å²) < 4.78 is 13.9. The average Bonchev–Trinajstić information content (AvgIpc) is 3.29. The number of H-pyrrole nitrogens is 2. The Labute approximate surface area is 172 Å². The van der Waals surface area contributed by atoms with Crippen molar-refractivity contribution in [2.45, 2.75) is 20.3 Å². The van der Waals surface area contributed by atoms with E-state index in [0.717, 1.165) is 17.0 Å². The zero-order chi connectivity index (χ0) is 21.3. The number of aryl methyl sites for hydroxylation is 2. The molecule has 2 amide bonds. The van der Waals surface area contributed by atoms with E-state index in [-0.39, 0.29) is 23.4 Å². The number of aromatic amines is 2. The lowest BCUT2D eigenvalue weighted by molar-refractivity contribution is -0.128. The summed E-state index contributed by atoms with van der Waals surface area (Å²) >= 11 is 0. The second-order valence-corrected chi connectivity index (χ2v) is 7.51. The Kier molecular flexibility index (Phi) is 5.35. The Morgan fingerprint density at radius 2 is 1.97 bits per heavy atom. The first-order valence-electron chi connectivity index (χ1n) is 9.81. The normalized spacial score (nSPS) is 13.9. The minimum atomic E-state index is -0.399. The van der Waals surface area contributed by atoms with Gasteiger partial charge in [-0.3, -0.25) is 19.8 Å². The molecule has 3 aromatic rings. The lowest BCUT2D eigenvalue weighted by Crippen LogP contribution is -2.56. The molecule has 8 nitrogen and oxygen atoms in total. The average molecular weight is 410 g/mol. The molecular weight excluding hydrogens is 387 g/mol. The number of aromatic nitrogens is 4. The van der Waals surface area contributed by atoms with Crippen molar-refractivity contribution in [1.29, 1.82) is 0 Å². The minimum absolute atomic E-state index is 0.0606. The number of nitrogens with one attached hydrogen (secondary N) is 3. The van der Waals surface area contributed by atoms with Crippen LogP contribution >= 0.6 is 0 Å². The summed E-state index contributed by atoms with van der Waals surface area (Å²) in [4.78, 5) is 26.5. The van der Waals surface area contributed by atoms with Gasteiger partial charge in [0.05, 0.1) is 17.3 Å². The smallest absolute Gasteiger partial charge is 0.271 e. The van der Waals surface area contributed by atoms with E-state index < -0.39 is 5.82 Å². The quantitative estimate of drug-likeness (QED) is 0.578. The first-order chi connectivity index (χ1) is 14.4. The van der Waals surface area contributed by atoms with Crippen LogP contribution in [0.1, 0.15) is 27.4 Å². The maximum absolute atomic E-state index is 13.9. The van der Waals surface area contributed by atoms with E-state index in [9.17, 15) is 14.0 Å². The van der Waals surface area contributed by atoms with Gasteiger partial charge in [-0.15, -0.1) is 0 Å². The highest BCUT2D eigenvalue weighted by Gasteiger charge is 2.36. The van der Waals surface area contributed by atoms with E-state index >= 15 is 0 Å². The van der Waals surface area contributed by atoms with Crippen LogP contribution in [0.5, 0.6) is 0 Å². The van der Waals surface area contributed by atoms with Crippen molar-refractivity contribution in [2.75, 3.05) is 19.6 Å². The van der Waals surface area contributed by atoms with Crippen molar-refractivity contribution in [3.63, 3.8) is 0 Å². The van der Waals surface area contributed by atoms with Crippen LogP contribution in [0.3, 0.4) is 0 Å². The van der Waals surface area contributed by atoms with Crippen molar-refractivity contribution in [1.82, 2.24) is 30.6 Å². The third kappa shape index (κ3) is 3.83. The summed E-state index contributed by atoms with van der Waals surface area (Å²) in [5.74, 6) is -0.938. The number of amides is 2. The standard InChI is InChI=1S/C21H23FN6O2/c1-12-15(13(2)25-24-12)7-8-23-20(29)14-10-28(11-14)21(30)19-9-18(26-27-19)16-5-3-4-6-17(16)22/h3-6,9,14H,7-8,10-11H2,1-2H3,(H,23,29)(H,24,25)(H,26,27). The molecule has 156 valence electrons. The highest BCUT2D eigenvalue weighted by molar-refractivity contribution is 5.95. The van der Waals surface area contributed by atoms with Gasteiger partial charge in [-0.05, 0) is 44.0 Å². The Morgan fingerprint density at radius 3 is 2.67 bits per heavy atom. The van der Waals surface area contributed by atoms with E-state index in [2.05, 4.69) is 25.7 Å². The van der Waals surface area contributed by atoms with Gasteiger partial charge in [-0.1, -0.05) is 12.1 Å². The monoisotopic (exact) mass is 410 g/mol. The highest BCUT2D eigenvalue weighted by atomic mass is 19.1. The van der Waals surface area contributed by atoms with Gasteiger partial charge in [-0.25, -0.2) is 4.39 Å². The van der Waals surface area contributed by atoms with Crippen molar-refractivity contribution in [3.8, 4) is 11.3 Å². The Bertz CT molecular complexity index is 1060. The molecule has 4 rings (SSSR count). The predicted molar refractivity (Wildman–Crippen MR) is 108 cm³/mol. The van der Waals surface area contributed by atoms with Crippen LogP contribution in [-0.2, 0) is 11.2 Å². The van der Waals surface area contributed by atoms with Gasteiger partial charge in [0.15, 0.2) is 0 Å². The molecule has 3 N–H and O–H groups in total. The largest absolute Gasteiger partial charge is 0.355 e. The molecule has 0 aliphatic carbocycles. The van der Waals surface area contributed by atoms with Crippen molar-refractivity contribution in [3.05, 3.63) is 58.8 Å². The van der Waals surface area contributed by atoms with Crippen LogP contribution < -0.4 is 5.32 Å². The molecule has 1 fully saturated rings. The first-order valence-corrected chi connectivity index (χ1v) is 9.81. The Balaban J connectivity index is 1.27. The fraction of sp³-hybridized carbons (Fsp3) is 0.333. The molecule has 2 aromatic heterocycles. The second-order valence-electron chi connectivity index (χ2n) is 7.51. The summed E-state index contributed by atoms with van der Waals surface area (Å²) in [5, 5.41) is 16.7. The minimum Gasteiger partial charge on any atom is -0.355 e. The highest BCUT2D eigenvalue weighted by Crippen LogP contribution is 2.23. The molecule has 30 heavy (non-hydrogen) atoms. The van der Waals surface area contributed by atoms with Gasteiger partial charge in [0.25, 0.3) is 5.91 Å². The topological polar surface area (TPSA) is 107 Å². The summed E-state index contributed by atoms with van der Waals surface area (Å²) in [6.45, 7) is 5.12. The lowest BCUT2D eigenvalue weighted by Gasteiger charge is -2.37.